The van der Waals surface area contributed by atoms with Crippen LogP contribution in [0.3, 0.4) is 0 Å². The van der Waals surface area contributed by atoms with Crippen molar-refractivity contribution in [3.63, 3.8) is 0 Å². The number of benzene rings is 1. The number of carbonyl (C=O) groups is 1. The summed E-state index contributed by atoms with van der Waals surface area (Å²) in [5, 5.41) is 5.65. The van der Waals surface area contributed by atoms with Crippen molar-refractivity contribution in [1.82, 2.24) is 9.78 Å². The minimum atomic E-state index is -4.76. The summed E-state index contributed by atoms with van der Waals surface area (Å²) in [6.07, 6.45) is -2.51. The molecule has 0 bridgehead atoms. The highest BCUT2D eigenvalue weighted by molar-refractivity contribution is 6.06. The van der Waals surface area contributed by atoms with Gasteiger partial charge in [-0.05, 0) is 24.3 Å². The van der Waals surface area contributed by atoms with Crippen molar-refractivity contribution in [2.45, 2.75) is 6.18 Å². The Labute approximate surface area is 138 Å². The van der Waals surface area contributed by atoms with E-state index in [0.717, 1.165) is 10.9 Å². The van der Waals surface area contributed by atoms with E-state index < -0.39 is 29.2 Å². The summed E-state index contributed by atoms with van der Waals surface area (Å²) in [5.74, 6) is -1.23. The first-order valence-electron chi connectivity index (χ1n) is 7.01. The third-order valence-electron chi connectivity index (χ3n) is 3.36. The van der Waals surface area contributed by atoms with E-state index >= 15 is 0 Å². The summed E-state index contributed by atoms with van der Waals surface area (Å²) in [5.41, 5.74) is -1.27. The SMILES string of the molecule is Cn1cc(C(=O)Nc2ccoc2-c2ccc(F)cc2)c(C(F)(F)F)n1. The number of amides is 1. The number of anilines is 1. The van der Waals surface area contributed by atoms with Crippen molar-refractivity contribution < 1.29 is 26.8 Å². The number of rotatable bonds is 3. The standard InChI is InChI=1S/C16H11F4N3O2/c1-23-8-11(14(22-23)16(18,19)20)15(24)21-12-6-7-25-13(12)9-2-4-10(17)5-3-9/h2-8H,1H3,(H,21,24). The Balaban J connectivity index is 1.91. The van der Waals surface area contributed by atoms with E-state index in [9.17, 15) is 22.4 Å². The molecule has 2 aromatic heterocycles. The number of aryl methyl sites for hydroxylation is 1. The first kappa shape index (κ1) is 16.7. The lowest BCUT2D eigenvalue weighted by molar-refractivity contribution is -0.141. The predicted molar refractivity (Wildman–Crippen MR) is 80.3 cm³/mol. The molecule has 1 amide bonds. The van der Waals surface area contributed by atoms with E-state index in [1.54, 1.807) is 0 Å². The lowest BCUT2D eigenvalue weighted by Gasteiger charge is -2.07. The lowest BCUT2D eigenvalue weighted by atomic mass is 10.1. The van der Waals surface area contributed by atoms with E-state index in [2.05, 4.69) is 10.4 Å². The van der Waals surface area contributed by atoms with Crippen LogP contribution in [0.2, 0.25) is 0 Å². The third-order valence-corrected chi connectivity index (χ3v) is 3.36. The fraction of sp³-hybridized carbons (Fsp3) is 0.125. The van der Waals surface area contributed by atoms with E-state index in [1.165, 1.54) is 43.6 Å². The topological polar surface area (TPSA) is 60.1 Å². The van der Waals surface area contributed by atoms with Gasteiger partial charge in [0.25, 0.3) is 5.91 Å². The molecule has 0 fully saturated rings. The highest BCUT2D eigenvalue weighted by Crippen LogP contribution is 2.33. The molecule has 0 radical (unpaired) electrons. The Morgan fingerprint density at radius 2 is 1.88 bits per heavy atom. The fourth-order valence-electron chi connectivity index (χ4n) is 2.29. The molecule has 0 atom stereocenters. The Bertz CT molecular complexity index is 910. The van der Waals surface area contributed by atoms with Gasteiger partial charge in [0, 0.05) is 24.9 Å². The van der Waals surface area contributed by atoms with Crippen LogP contribution in [0.5, 0.6) is 0 Å². The van der Waals surface area contributed by atoms with Gasteiger partial charge in [0.2, 0.25) is 0 Å². The van der Waals surface area contributed by atoms with Gasteiger partial charge >= 0.3 is 6.18 Å². The maximum absolute atomic E-state index is 13.0. The third kappa shape index (κ3) is 3.39. The number of hydrogen-bond acceptors (Lipinski definition) is 3. The van der Waals surface area contributed by atoms with Crippen molar-refractivity contribution >= 4 is 11.6 Å². The zero-order chi connectivity index (χ0) is 18.2. The van der Waals surface area contributed by atoms with Gasteiger partial charge in [-0.3, -0.25) is 9.48 Å². The number of halogens is 4. The average molecular weight is 353 g/mol. The second kappa shape index (κ2) is 6.08. The van der Waals surface area contributed by atoms with Crippen molar-refractivity contribution in [3.8, 4) is 11.3 Å². The molecule has 1 aromatic carbocycles. The van der Waals surface area contributed by atoms with Crippen LogP contribution < -0.4 is 5.32 Å². The summed E-state index contributed by atoms with van der Waals surface area (Å²) in [6.45, 7) is 0. The lowest BCUT2D eigenvalue weighted by Crippen LogP contribution is -2.17. The minimum absolute atomic E-state index is 0.161. The van der Waals surface area contributed by atoms with Gasteiger partial charge in [-0.2, -0.15) is 18.3 Å². The van der Waals surface area contributed by atoms with Gasteiger partial charge in [-0.15, -0.1) is 0 Å². The summed E-state index contributed by atoms with van der Waals surface area (Å²) in [7, 11) is 1.29. The van der Waals surface area contributed by atoms with Gasteiger partial charge in [0.15, 0.2) is 11.5 Å². The van der Waals surface area contributed by atoms with Crippen LogP contribution in [0.1, 0.15) is 16.1 Å². The predicted octanol–water partition coefficient (Wildman–Crippen LogP) is 4.09. The number of aromatic nitrogens is 2. The molecular formula is C16H11F4N3O2. The molecule has 3 rings (SSSR count). The van der Waals surface area contributed by atoms with Gasteiger partial charge in [-0.1, -0.05) is 0 Å². The van der Waals surface area contributed by atoms with Gasteiger partial charge in [0.1, 0.15) is 5.82 Å². The first-order valence-corrected chi connectivity index (χ1v) is 7.01. The van der Waals surface area contributed by atoms with Crippen LogP contribution >= 0.6 is 0 Å². The largest absolute Gasteiger partial charge is 0.462 e. The van der Waals surface area contributed by atoms with Crippen molar-refractivity contribution in [1.29, 1.82) is 0 Å². The highest BCUT2D eigenvalue weighted by Gasteiger charge is 2.39. The van der Waals surface area contributed by atoms with Crippen LogP contribution in [0.15, 0.2) is 47.2 Å². The number of carbonyl (C=O) groups excluding carboxylic acids is 1. The van der Waals surface area contributed by atoms with Crippen molar-refractivity contribution in [3.05, 3.63) is 59.9 Å². The molecule has 25 heavy (non-hydrogen) atoms. The molecule has 2 heterocycles. The zero-order valence-electron chi connectivity index (χ0n) is 12.8. The van der Waals surface area contributed by atoms with Crippen LogP contribution in [-0.2, 0) is 13.2 Å². The number of hydrogen-bond donors (Lipinski definition) is 1. The van der Waals surface area contributed by atoms with Gasteiger partial charge in [0.05, 0.1) is 17.5 Å². The smallest absolute Gasteiger partial charge is 0.435 e. The summed E-state index contributed by atoms with van der Waals surface area (Å²) in [4.78, 5) is 12.3. The van der Waals surface area contributed by atoms with Crippen molar-refractivity contribution in [2.75, 3.05) is 5.32 Å². The van der Waals surface area contributed by atoms with Gasteiger partial charge < -0.3 is 9.73 Å². The van der Waals surface area contributed by atoms with Crippen LogP contribution in [0.25, 0.3) is 11.3 Å². The second-order valence-electron chi connectivity index (χ2n) is 5.19. The Morgan fingerprint density at radius 1 is 1.20 bits per heavy atom. The van der Waals surface area contributed by atoms with E-state index in [-0.39, 0.29) is 11.4 Å². The highest BCUT2D eigenvalue weighted by atomic mass is 19.4. The molecule has 5 nitrogen and oxygen atoms in total. The average Bonchev–Trinajstić information content (AvgIpc) is 3.14. The molecule has 9 heteroatoms. The van der Waals surface area contributed by atoms with Crippen molar-refractivity contribution in [2.24, 2.45) is 7.05 Å². The fourth-order valence-corrected chi connectivity index (χ4v) is 2.29. The maximum atomic E-state index is 13.0. The molecule has 1 N–H and O–H groups in total. The summed E-state index contributed by atoms with van der Waals surface area (Å²) >= 11 is 0. The second-order valence-corrected chi connectivity index (χ2v) is 5.19. The molecule has 0 saturated heterocycles. The molecule has 130 valence electrons. The molecule has 0 unspecified atom stereocenters. The Kier molecular flexibility index (Phi) is 4.07. The van der Waals surface area contributed by atoms with Crippen LogP contribution in [-0.4, -0.2) is 15.7 Å². The number of alkyl halides is 3. The van der Waals surface area contributed by atoms with Crippen LogP contribution in [0.4, 0.5) is 23.2 Å². The molecule has 0 spiro atoms. The normalized spacial score (nSPS) is 11.6. The minimum Gasteiger partial charge on any atom is -0.462 e. The van der Waals surface area contributed by atoms with E-state index in [1.807, 2.05) is 0 Å². The summed E-state index contributed by atoms with van der Waals surface area (Å²) in [6, 6.07) is 6.64. The number of furan rings is 1. The molecule has 0 aliphatic heterocycles. The molecule has 3 aromatic rings. The van der Waals surface area contributed by atoms with E-state index in [0.29, 0.717) is 5.56 Å². The number of nitrogens with zero attached hydrogens (tertiary/aromatic N) is 2. The Hall–Kier alpha value is -3.10. The first-order chi connectivity index (χ1) is 11.8. The monoisotopic (exact) mass is 353 g/mol. The summed E-state index contributed by atoms with van der Waals surface area (Å²) < 4.78 is 58.1. The molecule has 0 aliphatic rings. The molecular weight excluding hydrogens is 342 g/mol. The molecule has 0 saturated carbocycles. The maximum Gasteiger partial charge on any atom is 0.435 e. The quantitative estimate of drug-likeness (QED) is 0.722. The Morgan fingerprint density at radius 3 is 2.52 bits per heavy atom. The van der Waals surface area contributed by atoms with E-state index in [4.69, 9.17) is 4.42 Å². The molecule has 0 aliphatic carbocycles. The van der Waals surface area contributed by atoms with Gasteiger partial charge in [-0.25, -0.2) is 4.39 Å². The number of nitrogens with one attached hydrogen (secondary N) is 1. The zero-order valence-corrected chi connectivity index (χ0v) is 12.8. The van der Waals surface area contributed by atoms with Crippen LogP contribution in [0, 0.1) is 5.82 Å².